The molecule has 9 heteroatoms. The number of nitrogens with zero attached hydrogens (tertiary/aromatic N) is 3. The van der Waals surface area contributed by atoms with Crippen molar-refractivity contribution < 1.29 is 18.7 Å². The van der Waals surface area contributed by atoms with Crippen molar-refractivity contribution in [2.75, 3.05) is 7.11 Å². The molecule has 8 nitrogen and oxygen atoms in total. The average Bonchev–Trinajstić information content (AvgIpc) is 3.26. The summed E-state index contributed by atoms with van der Waals surface area (Å²) in [7, 11) is 1.30. The molecule has 0 amide bonds. The van der Waals surface area contributed by atoms with E-state index in [0.29, 0.717) is 22.1 Å². The zero-order valence-electron chi connectivity index (χ0n) is 14.1. The molecule has 1 N–H and O–H groups in total. The summed E-state index contributed by atoms with van der Waals surface area (Å²) in [4.78, 5) is 11.3. The van der Waals surface area contributed by atoms with E-state index in [-0.39, 0.29) is 12.4 Å². The van der Waals surface area contributed by atoms with Gasteiger partial charge in [0.25, 0.3) is 0 Å². The first-order valence-corrected chi connectivity index (χ1v) is 8.06. The summed E-state index contributed by atoms with van der Waals surface area (Å²) in [6.45, 7) is 2.01. The van der Waals surface area contributed by atoms with E-state index in [1.165, 1.54) is 11.8 Å². The minimum atomic E-state index is -0.521. The first-order chi connectivity index (χ1) is 12.6. The summed E-state index contributed by atoms with van der Waals surface area (Å²) in [5, 5.41) is 10.9. The van der Waals surface area contributed by atoms with E-state index in [1.807, 2.05) is 24.3 Å². The number of nitrogens with one attached hydrogen (secondary N) is 1. The number of ether oxygens (including phenoxy) is 2. The summed E-state index contributed by atoms with van der Waals surface area (Å²) in [5.41, 5.74) is 0.880. The Labute approximate surface area is 154 Å². The van der Waals surface area contributed by atoms with Crippen LogP contribution in [0.25, 0.3) is 0 Å². The topological polar surface area (TPSA) is 94.6 Å². The van der Waals surface area contributed by atoms with Crippen LogP contribution in [0.15, 0.2) is 45.9 Å². The zero-order valence-corrected chi connectivity index (χ0v) is 14.9. The number of carbonyl (C=O) groups excluding carboxylic acids is 1. The van der Waals surface area contributed by atoms with E-state index in [0.717, 1.165) is 5.56 Å². The molecule has 0 aliphatic heterocycles. The van der Waals surface area contributed by atoms with Gasteiger partial charge in [-0.1, -0.05) is 0 Å². The Hall–Kier alpha value is -3.20. The van der Waals surface area contributed by atoms with E-state index >= 15 is 0 Å². The van der Waals surface area contributed by atoms with Gasteiger partial charge in [-0.15, -0.1) is 0 Å². The summed E-state index contributed by atoms with van der Waals surface area (Å²) in [6.07, 6.45) is 1.68. The first-order valence-electron chi connectivity index (χ1n) is 7.65. The van der Waals surface area contributed by atoms with Gasteiger partial charge in [-0.05, 0) is 61.1 Å². The fraction of sp³-hybridized carbons (Fsp3) is 0.176. The zero-order chi connectivity index (χ0) is 18.5. The first kappa shape index (κ1) is 17.6. The third-order valence-electron chi connectivity index (χ3n) is 3.44. The molecule has 26 heavy (non-hydrogen) atoms. The van der Waals surface area contributed by atoms with Crippen LogP contribution in [0.1, 0.15) is 27.7 Å². The quantitative estimate of drug-likeness (QED) is 0.406. The van der Waals surface area contributed by atoms with Gasteiger partial charge in [0.2, 0.25) is 10.5 Å². The maximum atomic E-state index is 11.3. The molecule has 2 aromatic heterocycles. The van der Waals surface area contributed by atoms with E-state index < -0.39 is 5.97 Å². The molecular weight excluding hydrogens is 356 g/mol. The lowest BCUT2D eigenvalue weighted by molar-refractivity contribution is 0.0561. The van der Waals surface area contributed by atoms with Crippen molar-refractivity contribution in [1.29, 1.82) is 0 Å². The molecule has 0 fully saturated rings. The minimum Gasteiger partial charge on any atom is -0.486 e. The van der Waals surface area contributed by atoms with Crippen LogP contribution in [-0.2, 0) is 11.3 Å². The summed E-state index contributed by atoms with van der Waals surface area (Å²) in [5.74, 6) is 1.49. The number of furan rings is 1. The summed E-state index contributed by atoms with van der Waals surface area (Å²) in [6, 6.07) is 10.6. The van der Waals surface area contributed by atoms with Gasteiger partial charge < -0.3 is 13.9 Å². The molecule has 0 atom stereocenters. The SMILES string of the molecule is COC(=O)c1ccc(COc2ccc(C=Nn3c(C)n[nH]c3=S)cc2)o1. The number of hydrogen-bond acceptors (Lipinski definition) is 7. The van der Waals surface area contributed by atoms with Gasteiger partial charge >= 0.3 is 5.97 Å². The predicted molar refractivity (Wildman–Crippen MR) is 96.0 cm³/mol. The van der Waals surface area contributed by atoms with Crippen LogP contribution in [-0.4, -0.2) is 34.2 Å². The Balaban J connectivity index is 1.60. The maximum Gasteiger partial charge on any atom is 0.373 e. The van der Waals surface area contributed by atoms with Gasteiger partial charge in [0, 0.05) is 0 Å². The molecule has 0 spiro atoms. The second-order valence-electron chi connectivity index (χ2n) is 5.25. The number of aryl methyl sites for hydroxylation is 1. The largest absolute Gasteiger partial charge is 0.486 e. The standard InChI is InChI=1S/C17H16N4O4S/c1-11-19-20-17(26)21(11)18-9-12-3-5-13(6-4-12)24-10-14-7-8-15(25-14)16(22)23-2/h3-9H,10H2,1-2H3,(H,20,26). The third kappa shape index (κ3) is 4.06. The van der Waals surface area contributed by atoms with Gasteiger partial charge in [0.05, 0.1) is 13.3 Å². The molecule has 134 valence electrons. The van der Waals surface area contributed by atoms with Crippen LogP contribution in [0.4, 0.5) is 0 Å². The van der Waals surface area contributed by atoms with Gasteiger partial charge in [-0.25, -0.2) is 4.79 Å². The number of H-pyrrole nitrogens is 1. The number of methoxy groups -OCH3 is 1. The summed E-state index contributed by atoms with van der Waals surface area (Å²) >= 11 is 5.09. The van der Waals surface area contributed by atoms with Gasteiger partial charge in [-0.2, -0.15) is 14.9 Å². The lowest BCUT2D eigenvalue weighted by Gasteiger charge is -2.04. The average molecular weight is 372 g/mol. The molecule has 0 saturated heterocycles. The summed E-state index contributed by atoms with van der Waals surface area (Å²) < 4.78 is 17.5. The fourth-order valence-corrected chi connectivity index (χ4v) is 2.33. The monoisotopic (exact) mass is 372 g/mol. The van der Waals surface area contributed by atoms with Crippen LogP contribution in [0.3, 0.4) is 0 Å². The van der Waals surface area contributed by atoms with Crippen molar-refractivity contribution in [3.63, 3.8) is 0 Å². The third-order valence-corrected chi connectivity index (χ3v) is 3.71. The highest BCUT2D eigenvalue weighted by atomic mass is 32.1. The molecule has 0 bridgehead atoms. The van der Waals surface area contributed by atoms with E-state index in [2.05, 4.69) is 20.0 Å². The Bertz CT molecular complexity index is 985. The highest BCUT2D eigenvalue weighted by Gasteiger charge is 2.11. The molecule has 3 aromatic rings. The van der Waals surface area contributed by atoms with Gasteiger partial charge in [0.1, 0.15) is 23.9 Å². The maximum absolute atomic E-state index is 11.3. The second-order valence-corrected chi connectivity index (χ2v) is 5.63. The Kier molecular flexibility index (Phi) is 5.28. The predicted octanol–water partition coefficient (Wildman–Crippen LogP) is 3.09. The van der Waals surface area contributed by atoms with Crippen LogP contribution in [0.2, 0.25) is 0 Å². The van der Waals surface area contributed by atoms with Crippen LogP contribution in [0, 0.1) is 11.7 Å². The fourth-order valence-electron chi connectivity index (χ4n) is 2.10. The number of esters is 1. The Morgan fingerprint density at radius 1 is 1.35 bits per heavy atom. The van der Waals surface area contributed by atoms with Crippen molar-refractivity contribution in [1.82, 2.24) is 14.9 Å². The smallest absolute Gasteiger partial charge is 0.373 e. The van der Waals surface area contributed by atoms with Crippen molar-refractivity contribution in [2.24, 2.45) is 5.10 Å². The van der Waals surface area contributed by atoms with Crippen molar-refractivity contribution >= 4 is 24.4 Å². The number of hydrogen-bond donors (Lipinski definition) is 1. The highest BCUT2D eigenvalue weighted by molar-refractivity contribution is 7.71. The molecule has 3 rings (SSSR count). The molecular formula is C17H16N4O4S. The molecule has 0 aliphatic rings. The molecule has 2 heterocycles. The molecule has 1 aromatic carbocycles. The second kappa shape index (κ2) is 7.79. The Morgan fingerprint density at radius 2 is 2.12 bits per heavy atom. The number of carbonyl (C=O) groups is 1. The molecule has 0 radical (unpaired) electrons. The molecule has 0 unspecified atom stereocenters. The van der Waals surface area contributed by atoms with Gasteiger partial charge in [-0.3, -0.25) is 5.10 Å². The molecule has 0 aliphatic carbocycles. The lowest BCUT2D eigenvalue weighted by Crippen LogP contribution is -1.99. The lowest BCUT2D eigenvalue weighted by atomic mass is 10.2. The normalized spacial score (nSPS) is 11.0. The highest BCUT2D eigenvalue weighted by Crippen LogP contribution is 2.15. The minimum absolute atomic E-state index is 0.144. The van der Waals surface area contributed by atoms with Crippen molar-refractivity contribution in [2.45, 2.75) is 13.5 Å². The number of rotatable bonds is 6. The molecule has 0 saturated carbocycles. The van der Waals surface area contributed by atoms with E-state index in [1.54, 1.807) is 25.3 Å². The van der Waals surface area contributed by atoms with E-state index in [9.17, 15) is 4.79 Å². The van der Waals surface area contributed by atoms with Crippen LogP contribution < -0.4 is 4.74 Å². The van der Waals surface area contributed by atoms with Crippen LogP contribution in [0.5, 0.6) is 5.75 Å². The van der Waals surface area contributed by atoms with Crippen LogP contribution >= 0.6 is 12.2 Å². The van der Waals surface area contributed by atoms with Gasteiger partial charge in [0.15, 0.2) is 0 Å². The number of aromatic nitrogens is 3. The van der Waals surface area contributed by atoms with E-state index in [4.69, 9.17) is 21.4 Å². The Morgan fingerprint density at radius 3 is 2.77 bits per heavy atom. The number of aromatic amines is 1. The number of benzene rings is 1. The van der Waals surface area contributed by atoms with Crippen molar-refractivity contribution in [3.8, 4) is 5.75 Å². The van der Waals surface area contributed by atoms with Crippen molar-refractivity contribution in [3.05, 3.63) is 64.1 Å².